The standard InChI is InChI=1S/C22H30N6O/c29-22(28-14-6-13-27(15-16-28)21-23-10-5-11-24-21)25-20-9-4-12-26(18-20)17-19-7-2-1-3-8-19/h1-3,5,7-8,10-11,20H,4,6,9,12-18H2,(H,25,29)/t20-/m0/s1. The maximum atomic E-state index is 12.9. The van der Waals surface area contributed by atoms with Crippen LogP contribution in [0.1, 0.15) is 24.8 Å². The number of nitrogens with one attached hydrogen (secondary N) is 1. The highest BCUT2D eigenvalue weighted by molar-refractivity contribution is 5.74. The van der Waals surface area contributed by atoms with Crippen LogP contribution in [-0.2, 0) is 6.54 Å². The number of nitrogens with zero attached hydrogens (tertiary/aromatic N) is 5. The van der Waals surface area contributed by atoms with Crippen molar-refractivity contribution in [1.82, 2.24) is 25.1 Å². The van der Waals surface area contributed by atoms with Crippen molar-refractivity contribution in [3.05, 3.63) is 54.4 Å². The Morgan fingerprint density at radius 2 is 1.79 bits per heavy atom. The van der Waals surface area contributed by atoms with Gasteiger partial charge in [0.25, 0.3) is 0 Å². The maximum absolute atomic E-state index is 12.9. The molecule has 0 spiro atoms. The summed E-state index contributed by atoms with van der Waals surface area (Å²) in [5.74, 6) is 0.749. The predicted molar refractivity (Wildman–Crippen MR) is 114 cm³/mol. The molecule has 0 radical (unpaired) electrons. The molecule has 2 aliphatic heterocycles. The van der Waals surface area contributed by atoms with Crippen molar-refractivity contribution in [2.75, 3.05) is 44.2 Å². The Kier molecular flexibility index (Phi) is 6.56. The van der Waals surface area contributed by atoms with Gasteiger partial charge < -0.3 is 15.1 Å². The number of likely N-dealkylation sites (tertiary alicyclic amines) is 1. The molecule has 1 aromatic carbocycles. The third-order valence-electron chi connectivity index (χ3n) is 5.70. The molecule has 29 heavy (non-hydrogen) atoms. The second-order valence-corrected chi connectivity index (χ2v) is 7.89. The van der Waals surface area contributed by atoms with Crippen LogP contribution in [0, 0.1) is 0 Å². The quantitative estimate of drug-likeness (QED) is 0.863. The number of rotatable bonds is 4. The summed E-state index contributed by atoms with van der Waals surface area (Å²) in [6.45, 7) is 6.07. The molecule has 2 saturated heterocycles. The molecule has 0 aliphatic carbocycles. The zero-order valence-corrected chi connectivity index (χ0v) is 16.9. The molecule has 0 bridgehead atoms. The van der Waals surface area contributed by atoms with Gasteiger partial charge in [0.15, 0.2) is 0 Å². The number of benzene rings is 1. The predicted octanol–water partition coefficient (Wildman–Crippen LogP) is 2.36. The van der Waals surface area contributed by atoms with Crippen molar-refractivity contribution in [3.8, 4) is 0 Å². The SMILES string of the molecule is O=C(N[C@H]1CCCN(Cc2ccccc2)C1)N1CCCN(c2ncccn2)CC1. The van der Waals surface area contributed by atoms with E-state index in [4.69, 9.17) is 0 Å². The number of urea groups is 1. The molecular weight excluding hydrogens is 364 g/mol. The summed E-state index contributed by atoms with van der Waals surface area (Å²) in [6, 6.07) is 12.7. The average Bonchev–Trinajstić information content (AvgIpc) is 3.02. The first-order valence-corrected chi connectivity index (χ1v) is 10.6. The van der Waals surface area contributed by atoms with E-state index in [9.17, 15) is 4.79 Å². The lowest BCUT2D eigenvalue weighted by Gasteiger charge is -2.34. The van der Waals surface area contributed by atoms with E-state index in [0.717, 1.165) is 64.5 Å². The molecule has 2 aromatic rings. The summed E-state index contributed by atoms with van der Waals surface area (Å²) >= 11 is 0. The third-order valence-corrected chi connectivity index (χ3v) is 5.70. The summed E-state index contributed by atoms with van der Waals surface area (Å²) in [6.07, 6.45) is 6.63. The van der Waals surface area contributed by atoms with Crippen LogP contribution in [-0.4, -0.2) is 71.1 Å². The first kappa shape index (κ1) is 19.6. The Morgan fingerprint density at radius 1 is 0.966 bits per heavy atom. The number of amides is 2. The topological polar surface area (TPSA) is 64.6 Å². The van der Waals surface area contributed by atoms with Crippen molar-refractivity contribution in [1.29, 1.82) is 0 Å². The molecule has 1 N–H and O–H groups in total. The number of carbonyl (C=O) groups excluding carboxylic acids is 1. The Bertz CT molecular complexity index is 771. The first-order valence-electron chi connectivity index (χ1n) is 10.6. The molecule has 1 aromatic heterocycles. The summed E-state index contributed by atoms with van der Waals surface area (Å²) in [5, 5.41) is 3.28. The molecule has 3 heterocycles. The van der Waals surface area contributed by atoms with Gasteiger partial charge in [0.1, 0.15) is 0 Å². The third kappa shape index (κ3) is 5.44. The van der Waals surface area contributed by atoms with E-state index in [1.807, 2.05) is 11.0 Å². The highest BCUT2D eigenvalue weighted by atomic mass is 16.2. The van der Waals surface area contributed by atoms with Crippen LogP contribution in [0.4, 0.5) is 10.7 Å². The van der Waals surface area contributed by atoms with Crippen molar-refractivity contribution >= 4 is 12.0 Å². The zero-order valence-electron chi connectivity index (χ0n) is 16.9. The van der Waals surface area contributed by atoms with Crippen LogP contribution in [0.15, 0.2) is 48.8 Å². The summed E-state index contributed by atoms with van der Waals surface area (Å²) in [4.78, 5) is 28.1. The summed E-state index contributed by atoms with van der Waals surface area (Å²) in [7, 11) is 0. The van der Waals surface area contributed by atoms with Crippen LogP contribution in [0.5, 0.6) is 0 Å². The molecule has 2 aliphatic rings. The van der Waals surface area contributed by atoms with Crippen LogP contribution in [0.3, 0.4) is 0 Å². The number of carbonyl (C=O) groups is 1. The Labute approximate surface area is 172 Å². The largest absolute Gasteiger partial charge is 0.339 e. The first-order chi connectivity index (χ1) is 14.3. The van der Waals surface area contributed by atoms with Crippen molar-refractivity contribution in [2.45, 2.75) is 31.8 Å². The average molecular weight is 395 g/mol. The molecule has 1 atom stereocenters. The van der Waals surface area contributed by atoms with E-state index in [1.54, 1.807) is 12.4 Å². The Balaban J connectivity index is 1.27. The molecule has 154 valence electrons. The number of anilines is 1. The monoisotopic (exact) mass is 394 g/mol. The molecular formula is C22H30N6O. The van der Waals surface area contributed by atoms with Gasteiger partial charge in [0, 0.05) is 57.7 Å². The molecule has 2 amide bonds. The minimum Gasteiger partial charge on any atom is -0.339 e. The van der Waals surface area contributed by atoms with E-state index in [1.165, 1.54) is 5.56 Å². The lowest BCUT2D eigenvalue weighted by atomic mass is 10.0. The summed E-state index contributed by atoms with van der Waals surface area (Å²) < 4.78 is 0. The Hall–Kier alpha value is -2.67. The van der Waals surface area contributed by atoms with E-state index in [0.29, 0.717) is 6.54 Å². The van der Waals surface area contributed by atoms with Crippen molar-refractivity contribution < 1.29 is 4.79 Å². The van der Waals surface area contributed by atoms with Crippen molar-refractivity contribution in [3.63, 3.8) is 0 Å². The van der Waals surface area contributed by atoms with Gasteiger partial charge in [0.05, 0.1) is 0 Å². The van der Waals surface area contributed by atoms with Gasteiger partial charge in [-0.1, -0.05) is 30.3 Å². The van der Waals surface area contributed by atoms with Gasteiger partial charge in [0.2, 0.25) is 5.95 Å². The summed E-state index contributed by atoms with van der Waals surface area (Å²) in [5.41, 5.74) is 1.33. The smallest absolute Gasteiger partial charge is 0.317 e. The molecule has 0 unspecified atom stereocenters. The lowest BCUT2D eigenvalue weighted by Crippen LogP contribution is -2.52. The number of piperidine rings is 1. The molecule has 7 nitrogen and oxygen atoms in total. The fourth-order valence-corrected chi connectivity index (χ4v) is 4.20. The van der Waals surface area contributed by atoms with E-state index in [-0.39, 0.29) is 12.1 Å². The van der Waals surface area contributed by atoms with Gasteiger partial charge >= 0.3 is 6.03 Å². The molecule has 0 saturated carbocycles. The van der Waals surface area contributed by atoms with E-state index >= 15 is 0 Å². The number of aromatic nitrogens is 2. The van der Waals surface area contributed by atoms with Crippen LogP contribution in [0.2, 0.25) is 0 Å². The fourth-order valence-electron chi connectivity index (χ4n) is 4.20. The van der Waals surface area contributed by atoms with Gasteiger partial charge in [-0.15, -0.1) is 0 Å². The molecule has 7 heteroatoms. The van der Waals surface area contributed by atoms with Gasteiger partial charge in [-0.05, 0) is 37.4 Å². The molecule has 2 fully saturated rings. The van der Waals surface area contributed by atoms with Crippen LogP contribution in [0.25, 0.3) is 0 Å². The van der Waals surface area contributed by atoms with Gasteiger partial charge in [-0.25, -0.2) is 14.8 Å². The van der Waals surface area contributed by atoms with E-state index < -0.39 is 0 Å². The maximum Gasteiger partial charge on any atom is 0.317 e. The van der Waals surface area contributed by atoms with Crippen LogP contribution >= 0.6 is 0 Å². The highest BCUT2D eigenvalue weighted by Gasteiger charge is 2.25. The zero-order chi connectivity index (χ0) is 19.9. The number of hydrogen-bond donors (Lipinski definition) is 1. The minimum atomic E-state index is 0.0624. The lowest BCUT2D eigenvalue weighted by molar-refractivity contribution is 0.165. The normalized spacial score (nSPS) is 20.9. The van der Waals surface area contributed by atoms with Gasteiger partial charge in [-0.3, -0.25) is 4.90 Å². The second-order valence-electron chi connectivity index (χ2n) is 7.89. The molecule has 4 rings (SSSR count). The van der Waals surface area contributed by atoms with Crippen molar-refractivity contribution in [2.24, 2.45) is 0 Å². The van der Waals surface area contributed by atoms with Crippen LogP contribution < -0.4 is 10.2 Å². The fraction of sp³-hybridized carbons (Fsp3) is 0.500. The number of hydrogen-bond acceptors (Lipinski definition) is 5. The Morgan fingerprint density at radius 3 is 2.62 bits per heavy atom. The van der Waals surface area contributed by atoms with Gasteiger partial charge in [-0.2, -0.15) is 0 Å². The minimum absolute atomic E-state index is 0.0624. The highest BCUT2D eigenvalue weighted by Crippen LogP contribution is 2.15. The second kappa shape index (κ2) is 9.69. The van der Waals surface area contributed by atoms with E-state index in [2.05, 4.69) is 55.4 Å².